The highest BCUT2D eigenvalue weighted by Gasteiger charge is 2.14. The number of rotatable bonds is 6. The predicted octanol–water partition coefficient (Wildman–Crippen LogP) is 3.89. The monoisotopic (exact) mass is 355 g/mol. The van der Waals surface area contributed by atoms with E-state index in [2.05, 4.69) is 15.5 Å². The molecule has 1 aromatic carbocycles. The number of hydrogen-bond donors (Lipinski definition) is 1. The highest BCUT2D eigenvalue weighted by atomic mass is 35.5. The number of ether oxygens (including phenoxy) is 1. The lowest BCUT2D eigenvalue weighted by molar-refractivity contribution is -0.113. The molecule has 1 N–H and O–H groups in total. The average molecular weight is 356 g/mol. The van der Waals surface area contributed by atoms with E-state index in [0.29, 0.717) is 27.6 Å². The number of carbonyl (C=O) groups excluding carboxylic acids is 1. The van der Waals surface area contributed by atoms with E-state index < -0.39 is 0 Å². The van der Waals surface area contributed by atoms with Crippen LogP contribution in [0.4, 0.5) is 5.69 Å². The normalized spacial score (nSPS) is 10.9. The summed E-state index contributed by atoms with van der Waals surface area (Å²) in [5.74, 6) is 1.19. The highest BCUT2D eigenvalue weighted by Crippen LogP contribution is 2.31. The van der Waals surface area contributed by atoms with E-state index in [9.17, 15) is 4.79 Å². The lowest BCUT2D eigenvalue weighted by Gasteiger charge is -2.11. The predicted molar refractivity (Wildman–Crippen MR) is 90.5 cm³/mol. The SMILES string of the molecule is COc1cc(Cl)c(C)cc1NC(=O)CSc1nnc(C(C)C)o1. The lowest BCUT2D eigenvalue weighted by Crippen LogP contribution is -2.15. The molecule has 0 atom stereocenters. The van der Waals surface area contributed by atoms with Gasteiger partial charge >= 0.3 is 0 Å². The van der Waals surface area contributed by atoms with Gasteiger partial charge in [0.2, 0.25) is 11.8 Å². The summed E-state index contributed by atoms with van der Waals surface area (Å²) in [6.07, 6.45) is 0. The number of nitrogens with one attached hydrogen (secondary N) is 1. The summed E-state index contributed by atoms with van der Waals surface area (Å²) in [5, 5.41) is 11.6. The van der Waals surface area contributed by atoms with Gasteiger partial charge in [-0.25, -0.2) is 0 Å². The molecule has 2 rings (SSSR count). The van der Waals surface area contributed by atoms with E-state index in [1.54, 1.807) is 12.1 Å². The van der Waals surface area contributed by atoms with Crippen LogP contribution in [0.2, 0.25) is 5.02 Å². The van der Waals surface area contributed by atoms with Crippen molar-refractivity contribution in [3.8, 4) is 5.75 Å². The Morgan fingerprint density at radius 2 is 2.17 bits per heavy atom. The van der Waals surface area contributed by atoms with Crippen molar-refractivity contribution in [3.63, 3.8) is 0 Å². The molecule has 0 aliphatic heterocycles. The molecule has 0 saturated heterocycles. The number of carbonyl (C=O) groups is 1. The van der Waals surface area contributed by atoms with Crippen molar-refractivity contribution < 1.29 is 13.9 Å². The Bertz CT molecular complexity index is 703. The summed E-state index contributed by atoms with van der Waals surface area (Å²) >= 11 is 7.23. The minimum absolute atomic E-state index is 0.157. The first-order chi connectivity index (χ1) is 10.9. The molecular weight excluding hydrogens is 338 g/mol. The number of halogens is 1. The molecule has 1 heterocycles. The van der Waals surface area contributed by atoms with Gasteiger partial charge in [-0.15, -0.1) is 10.2 Å². The van der Waals surface area contributed by atoms with Crippen molar-refractivity contribution in [3.05, 3.63) is 28.6 Å². The molecule has 0 fully saturated rings. The third-order valence-corrected chi connectivity index (χ3v) is 4.22. The fourth-order valence-corrected chi connectivity index (χ4v) is 2.48. The minimum Gasteiger partial charge on any atom is -0.495 e. The fourth-order valence-electron chi connectivity index (χ4n) is 1.76. The van der Waals surface area contributed by atoms with Crippen molar-refractivity contribution >= 4 is 35.0 Å². The van der Waals surface area contributed by atoms with Gasteiger partial charge in [0.25, 0.3) is 5.22 Å². The van der Waals surface area contributed by atoms with Crippen molar-refractivity contribution in [2.75, 3.05) is 18.2 Å². The number of benzene rings is 1. The van der Waals surface area contributed by atoms with Gasteiger partial charge < -0.3 is 14.5 Å². The Kier molecular flexibility index (Phi) is 5.90. The van der Waals surface area contributed by atoms with Gasteiger partial charge in [0.05, 0.1) is 18.6 Å². The second-order valence-corrected chi connectivity index (χ2v) is 6.53. The smallest absolute Gasteiger partial charge is 0.277 e. The quantitative estimate of drug-likeness (QED) is 0.792. The van der Waals surface area contributed by atoms with Crippen LogP contribution in [0.25, 0.3) is 0 Å². The fraction of sp³-hybridized carbons (Fsp3) is 0.400. The van der Waals surface area contributed by atoms with Gasteiger partial charge in [0.15, 0.2) is 0 Å². The zero-order chi connectivity index (χ0) is 17.0. The number of nitrogens with zero attached hydrogens (tertiary/aromatic N) is 2. The first-order valence-corrected chi connectivity index (χ1v) is 8.37. The van der Waals surface area contributed by atoms with Gasteiger partial charge in [0.1, 0.15) is 5.75 Å². The maximum Gasteiger partial charge on any atom is 0.277 e. The molecule has 0 aliphatic carbocycles. The third-order valence-electron chi connectivity index (χ3n) is 3.00. The number of thioether (sulfide) groups is 1. The second-order valence-electron chi connectivity index (χ2n) is 5.20. The number of aromatic nitrogens is 2. The first kappa shape index (κ1) is 17.6. The Labute approximate surface area is 143 Å². The minimum atomic E-state index is -0.195. The molecule has 0 unspecified atom stereocenters. The van der Waals surface area contributed by atoms with Gasteiger partial charge in [-0.05, 0) is 18.6 Å². The second kappa shape index (κ2) is 7.70. The molecule has 0 spiro atoms. The van der Waals surface area contributed by atoms with Crippen LogP contribution >= 0.6 is 23.4 Å². The van der Waals surface area contributed by atoms with Crippen LogP contribution in [0, 0.1) is 6.92 Å². The van der Waals surface area contributed by atoms with Crippen LogP contribution in [-0.4, -0.2) is 29.0 Å². The third kappa shape index (κ3) is 4.62. The van der Waals surface area contributed by atoms with E-state index in [1.165, 1.54) is 18.9 Å². The number of methoxy groups -OCH3 is 1. The van der Waals surface area contributed by atoms with E-state index in [4.69, 9.17) is 20.8 Å². The Balaban J connectivity index is 1.98. The molecule has 124 valence electrons. The standard InChI is InChI=1S/C15H18ClN3O3S/c1-8(2)14-18-19-15(22-14)23-7-13(20)17-11-5-9(3)10(16)6-12(11)21-4/h5-6,8H,7H2,1-4H3,(H,17,20). The summed E-state index contributed by atoms with van der Waals surface area (Å²) < 4.78 is 10.7. The number of aryl methyl sites for hydroxylation is 1. The largest absolute Gasteiger partial charge is 0.495 e. The molecule has 0 aliphatic rings. The van der Waals surface area contributed by atoms with Crippen molar-refractivity contribution in [1.82, 2.24) is 10.2 Å². The molecule has 23 heavy (non-hydrogen) atoms. The van der Waals surface area contributed by atoms with Crippen LogP contribution in [0.1, 0.15) is 31.2 Å². The molecule has 1 aromatic heterocycles. The molecule has 0 radical (unpaired) electrons. The maximum atomic E-state index is 12.1. The molecule has 6 nitrogen and oxygen atoms in total. The summed E-state index contributed by atoms with van der Waals surface area (Å²) in [6, 6.07) is 3.44. The zero-order valence-electron chi connectivity index (χ0n) is 13.3. The highest BCUT2D eigenvalue weighted by molar-refractivity contribution is 7.99. The molecule has 2 aromatic rings. The first-order valence-electron chi connectivity index (χ1n) is 7.01. The van der Waals surface area contributed by atoms with Crippen molar-refractivity contribution in [2.45, 2.75) is 31.9 Å². The van der Waals surface area contributed by atoms with Crippen molar-refractivity contribution in [1.29, 1.82) is 0 Å². The molecule has 0 saturated carbocycles. The molecular formula is C15H18ClN3O3S. The van der Waals surface area contributed by atoms with E-state index in [0.717, 1.165) is 5.56 Å². The zero-order valence-corrected chi connectivity index (χ0v) is 14.9. The molecule has 8 heteroatoms. The molecule has 0 bridgehead atoms. The maximum absolute atomic E-state index is 12.1. The lowest BCUT2D eigenvalue weighted by atomic mass is 10.2. The van der Waals surface area contributed by atoms with Crippen LogP contribution in [0.5, 0.6) is 5.75 Å². The van der Waals surface area contributed by atoms with Crippen molar-refractivity contribution in [2.24, 2.45) is 0 Å². The average Bonchev–Trinajstić information content (AvgIpc) is 2.98. The van der Waals surface area contributed by atoms with Crippen LogP contribution in [-0.2, 0) is 4.79 Å². The van der Waals surface area contributed by atoms with Gasteiger partial charge in [0, 0.05) is 17.0 Å². The van der Waals surface area contributed by atoms with E-state index in [1.807, 2.05) is 20.8 Å². The van der Waals surface area contributed by atoms with E-state index in [-0.39, 0.29) is 17.6 Å². The Morgan fingerprint density at radius 1 is 1.43 bits per heavy atom. The summed E-state index contributed by atoms with van der Waals surface area (Å²) in [5.41, 5.74) is 1.43. The topological polar surface area (TPSA) is 77.2 Å². The Hall–Kier alpha value is -1.73. The van der Waals surface area contributed by atoms with Gasteiger partial charge in [-0.1, -0.05) is 37.2 Å². The number of hydrogen-bond acceptors (Lipinski definition) is 6. The Morgan fingerprint density at radius 3 is 2.78 bits per heavy atom. The van der Waals surface area contributed by atoms with Gasteiger partial charge in [-0.3, -0.25) is 4.79 Å². The summed E-state index contributed by atoms with van der Waals surface area (Å²) in [4.78, 5) is 12.1. The van der Waals surface area contributed by atoms with E-state index >= 15 is 0 Å². The number of anilines is 1. The van der Waals surface area contributed by atoms with Crippen LogP contribution in [0.3, 0.4) is 0 Å². The van der Waals surface area contributed by atoms with Crippen LogP contribution < -0.4 is 10.1 Å². The van der Waals surface area contributed by atoms with Crippen LogP contribution in [0.15, 0.2) is 21.8 Å². The summed E-state index contributed by atoms with van der Waals surface area (Å²) in [7, 11) is 1.53. The van der Waals surface area contributed by atoms with Gasteiger partial charge in [-0.2, -0.15) is 0 Å². The molecule has 1 amide bonds. The number of amides is 1. The summed E-state index contributed by atoms with van der Waals surface area (Å²) in [6.45, 7) is 5.78.